The van der Waals surface area contributed by atoms with Crippen molar-refractivity contribution in [3.8, 4) is 0 Å². The minimum atomic E-state index is -0.211. The van der Waals surface area contributed by atoms with Crippen LogP contribution in [0.1, 0.15) is 6.42 Å². The maximum Gasteiger partial charge on any atom is 0.329 e. The summed E-state index contributed by atoms with van der Waals surface area (Å²) >= 11 is 0. The summed E-state index contributed by atoms with van der Waals surface area (Å²) in [4.78, 5) is 34.9. The fraction of sp³-hybridized carbons (Fsp3) is 0.474. The number of nitrogens with zero attached hydrogens (tertiary/aromatic N) is 7. The molecule has 29 heavy (non-hydrogen) atoms. The zero-order valence-electron chi connectivity index (χ0n) is 16.5. The number of urea groups is 1. The second-order valence-corrected chi connectivity index (χ2v) is 7.71. The first-order chi connectivity index (χ1) is 14.2. The highest BCUT2D eigenvalue weighted by Gasteiger charge is 2.40. The molecule has 5 heterocycles. The first kappa shape index (κ1) is 18.1. The second kappa shape index (κ2) is 7.45. The molecule has 2 bridgehead atoms. The van der Waals surface area contributed by atoms with Gasteiger partial charge in [0.25, 0.3) is 0 Å². The second-order valence-electron chi connectivity index (χ2n) is 7.71. The quantitative estimate of drug-likeness (QED) is 0.770. The van der Waals surface area contributed by atoms with Crippen molar-refractivity contribution in [3.05, 3.63) is 30.7 Å². The summed E-state index contributed by atoms with van der Waals surface area (Å²) in [5.41, 5.74) is 1.01. The molecule has 10 nitrogen and oxygen atoms in total. The van der Waals surface area contributed by atoms with E-state index in [2.05, 4.69) is 54.5 Å². The van der Waals surface area contributed by atoms with Gasteiger partial charge in [-0.05, 0) is 25.6 Å². The van der Waals surface area contributed by atoms with Crippen molar-refractivity contribution in [1.82, 2.24) is 25.2 Å². The number of pyridine rings is 1. The lowest BCUT2D eigenvalue weighted by molar-refractivity contribution is 0.254. The van der Waals surface area contributed by atoms with E-state index < -0.39 is 0 Å². The molecular weight excluding hydrogens is 370 g/mol. The SMILES string of the molecule is CN1CNCCN(c2ccc3c(n2)N(C(=O)Nc2cnccn2)C2CCN3C2)C1. The Hall–Kier alpha value is -2.98. The van der Waals surface area contributed by atoms with E-state index >= 15 is 0 Å². The van der Waals surface area contributed by atoms with Crippen LogP contribution in [0.5, 0.6) is 0 Å². The van der Waals surface area contributed by atoms with Crippen molar-refractivity contribution < 1.29 is 4.79 Å². The van der Waals surface area contributed by atoms with Crippen LogP contribution in [0.2, 0.25) is 0 Å². The van der Waals surface area contributed by atoms with Gasteiger partial charge in [-0.25, -0.2) is 14.8 Å². The third kappa shape index (κ3) is 3.45. The Labute approximate surface area is 169 Å². The van der Waals surface area contributed by atoms with Crippen LogP contribution in [0.15, 0.2) is 30.7 Å². The Morgan fingerprint density at radius 2 is 2.17 bits per heavy atom. The molecule has 152 valence electrons. The van der Waals surface area contributed by atoms with E-state index in [0.717, 1.165) is 63.3 Å². The van der Waals surface area contributed by atoms with Gasteiger partial charge in [0.2, 0.25) is 0 Å². The van der Waals surface area contributed by atoms with Crippen LogP contribution >= 0.6 is 0 Å². The number of nitrogens with one attached hydrogen (secondary N) is 2. The van der Waals surface area contributed by atoms with E-state index in [1.807, 2.05) is 0 Å². The van der Waals surface area contributed by atoms with Gasteiger partial charge in [-0.3, -0.25) is 20.1 Å². The van der Waals surface area contributed by atoms with Crippen molar-refractivity contribution in [2.75, 3.05) is 66.6 Å². The molecule has 2 amide bonds. The van der Waals surface area contributed by atoms with Crippen molar-refractivity contribution in [2.24, 2.45) is 0 Å². The number of fused-ring (bicyclic) bond motifs is 4. The molecule has 0 aliphatic carbocycles. The van der Waals surface area contributed by atoms with Gasteiger partial charge >= 0.3 is 6.03 Å². The Morgan fingerprint density at radius 3 is 3.03 bits per heavy atom. The van der Waals surface area contributed by atoms with Gasteiger partial charge in [0.15, 0.2) is 11.6 Å². The first-order valence-corrected chi connectivity index (χ1v) is 9.95. The highest BCUT2D eigenvalue weighted by molar-refractivity contribution is 6.04. The average Bonchev–Trinajstić information content (AvgIpc) is 3.02. The van der Waals surface area contributed by atoms with Crippen molar-refractivity contribution in [3.63, 3.8) is 0 Å². The number of aromatic nitrogens is 3. The van der Waals surface area contributed by atoms with Gasteiger partial charge in [-0.15, -0.1) is 0 Å². The van der Waals surface area contributed by atoms with E-state index in [9.17, 15) is 4.79 Å². The Balaban J connectivity index is 1.47. The van der Waals surface area contributed by atoms with Crippen LogP contribution in [0.25, 0.3) is 0 Å². The molecule has 2 N–H and O–H groups in total. The molecule has 2 fully saturated rings. The number of hydrogen-bond donors (Lipinski definition) is 2. The van der Waals surface area contributed by atoms with Crippen LogP contribution in [0.4, 0.5) is 27.9 Å². The van der Waals surface area contributed by atoms with Gasteiger partial charge in [0.05, 0.1) is 24.6 Å². The van der Waals surface area contributed by atoms with Crippen LogP contribution in [0.3, 0.4) is 0 Å². The average molecular weight is 395 g/mol. The predicted octanol–water partition coefficient (Wildman–Crippen LogP) is 0.759. The normalized spacial score (nSPS) is 21.7. The molecule has 0 spiro atoms. The van der Waals surface area contributed by atoms with Crippen LogP contribution in [-0.2, 0) is 0 Å². The number of carbonyl (C=O) groups excluding carboxylic acids is 1. The van der Waals surface area contributed by atoms with Crippen LogP contribution in [-0.4, -0.2) is 78.5 Å². The smallest absolute Gasteiger partial charge is 0.329 e. The molecule has 0 radical (unpaired) electrons. The van der Waals surface area contributed by atoms with Gasteiger partial charge in [-0.1, -0.05) is 0 Å². The fourth-order valence-electron chi connectivity index (χ4n) is 4.25. The molecule has 10 heteroatoms. The van der Waals surface area contributed by atoms with Crippen molar-refractivity contribution in [1.29, 1.82) is 0 Å². The molecule has 0 aromatic carbocycles. The fourth-order valence-corrected chi connectivity index (χ4v) is 4.25. The molecule has 3 aliphatic rings. The molecule has 1 atom stereocenters. The van der Waals surface area contributed by atoms with Crippen LogP contribution in [0, 0.1) is 0 Å². The Morgan fingerprint density at radius 1 is 1.24 bits per heavy atom. The number of amides is 2. The summed E-state index contributed by atoms with van der Waals surface area (Å²) < 4.78 is 0. The molecule has 2 aromatic rings. The molecule has 5 rings (SSSR count). The zero-order chi connectivity index (χ0) is 19.8. The summed E-state index contributed by atoms with van der Waals surface area (Å²) in [7, 11) is 2.08. The topological polar surface area (TPSA) is 92.8 Å². The van der Waals surface area contributed by atoms with E-state index in [0.29, 0.717) is 5.82 Å². The summed E-state index contributed by atoms with van der Waals surface area (Å²) in [6.07, 6.45) is 5.63. The van der Waals surface area contributed by atoms with Crippen LogP contribution < -0.4 is 25.3 Å². The van der Waals surface area contributed by atoms with Gasteiger partial charge in [0, 0.05) is 45.2 Å². The van der Waals surface area contributed by atoms with Gasteiger partial charge in [-0.2, -0.15) is 0 Å². The summed E-state index contributed by atoms with van der Waals surface area (Å²) in [6, 6.07) is 4.06. The molecular formula is C19H25N9O. The number of anilines is 4. The highest BCUT2D eigenvalue weighted by atomic mass is 16.2. The van der Waals surface area contributed by atoms with Crippen molar-refractivity contribution in [2.45, 2.75) is 12.5 Å². The predicted molar refractivity (Wildman–Crippen MR) is 111 cm³/mol. The highest BCUT2D eigenvalue weighted by Crippen LogP contribution is 2.40. The lowest BCUT2D eigenvalue weighted by atomic mass is 10.2. The number of rotatable bonds is 2. The molecule has 2 aromatic heterocycles. The monoisotopic (exact) mass is 395 g/mol. The molecule has 0 saturated carbocycles. The Kier molecular flexibility index (Phi) is 4.64. The summed E-state index contributed by atoms with van der Waals surface area (Å²) in [5.74, 6) is 2.05. The third-order valence-electron chi connectivity index (χ3n) is 5.63. The lowest BCUT2D eigenvalue weighted by Gasteiger charge is -2.36. The minimum absolute atomic E-state index is 0.107. The number of hydrogen-bond acceptors (Lipinski definition) is 8. The Bertz CT molecular complexity index is 893. The van der Waals surface area contributed by atoms with Gasteiger partial charge < -0.3 is 15.1 Å². The molecule has 2 saturated heterocycles. The third-order valence-corrected chi connectivity index (χ3v) is 5.63. The van der Waals surface area contributed by atoms with E-state index in [-0.39, 0.29) is 12.1 Å². The lowest BCUT2D eigenvalue weighted by Crippen LogP contribution is -2.48. The first-order valence-electron chi connectivity index (χ1n) is 9.95. The summed E-state index contributed by atoms with van der Waals surface area (Å²) in [5, 5.41) is 6.27. The summed E-state index contributed by atoms with van der Waals surface area (Å²) in [6.45, 7) is 5.17. The maximum atomic E-state index is 13.2. The van der Waals surface area contributed by atoms with Gasteiger partial charge in [0.1, 0.15) is 5.82 Å². The zero-order valence-corrected chi connectivity index (χ0v) is 16.5. The van der Waals surface area contributed by atoms with Crippen molar-refractivity contribution >= 4 is 29.2 Å². The molecule has 3 aliphatic heterocycles. The molecule has 1 unspecified atom stereocenters. The minimum Gasteiger partial charge on any atom is -0.366 e. The largest absolute Gasteiger partial charge is 0.366 e. The maximum absolute atomic E-state index is 13.2. The number of carbonyl (C=O) groups is 1. The van der Waals surface area contributed by atoms with E-state index in [4.69, 9.17) is 4.98 Å². The van der Waals surface area contributed by atoms with E-state index in [1.165, 1.54) is 0 Å². The van der Waals surface area contributed by atoms with E-state index in [1.54, 1.807) is 23.5 Å². The standard InChI is InChI=1S/C19H25N9O/c1-25-12-21-7-9-27(13-25)17-3-2-15-18(24-17)28(14-4-8-26(15)11-14)19(29)23-16-10-20-5-6-22-16/h2-3,5-6,10,14,21H,4,7-9,11-13H2,1H3,(H,22,23,29).